The van der Waals surface area contributed by atoms with E-state index in [4.69, 9.17) is 9.47 Å². The van der Waals surface area contributed by atoms with Crippen molar-refractivity contribution in [2.75, 3.05) is 6.54 Å². The molecule has 0 aliphatic carbocycles. The van der Waals surface area contributed by atoms with Crippen LogP contribution in [0.25, 0.3) is 0 Å². The number of alkyl carbamates (subject to hydrolysis) is 1. The van der Waals surface area contributed by atoms with Crippen molar-refractivity contribution in [3.05, 3.63) is 16.6 Å². The fraction of sp³-hybridized carbons (Fsp3) is 0.706. The molecule has 2 rings (SSSR count). The van der Waals surface area contributed by atoms with Crippen molar-refractivity contribution in [3.63, 3.8) is 0 Å². The molecule has 1 N–H and O–H groups in total. The summed E-state index contributed by atoms with van der Waals surface area (Å²) >= 11 is 1.52. The third kappa shape index (κ3) is 5.88. The van der Waals surface area contributed by atoms with Gasteiger partial charge in [-0.05, 0) is 47.5 Å². The highest BCUT2D eigenvalue weighted by molar-refractivity contribution is 7.09. The fourth-order valence-electron chi connectivity index (χ4n) is 2.68. The Morgan fingerprint density at radius 1 is 1.36 bits per heavy atom. The molecule has 0 saturated carbocycles. The quantitative estimate of drug-likeness (QED) is 0.878. The number of hydrogen-bond donors (Lipinski definition) is 1. The summed E-state index contributed by atoms with van der Waals surface area (Å²) in [5.74, 6) is 0. The highest BCUT2D eigenvalue weighted by Crippen LogP contribution is 2.33. The van der Waals surface area contributed by atoms with E-state index in [0.717, 1.165) is 11.4 Å². The first-order valence-corrected chi connectivity index (χ1v) is 9.40. The minimum Gasteiger partial charge on any atom is -0.447 e. The molecule has 0 spiro atoms. The van der Waals surface area contributed by atoms with Gasteiger partial charge in [-0.1, -0.05) is 0 Å². The monoisotopic (exact) mass is 369 g/mol. The summed E-state index contributed by atoms with van der Waals surface area (Å²) in [4.78, 5) is 30.5. The van der Waals surface area contributed by atoms with Crippen molar-refractivity contribution in [1.82, 2.24) is 15.2 Å². The van der Waals surface area contributed by atoms with E-state index in [1.807, 2.05) is 26.2 Å². The van der Waals surface area contributed by atoms with Crippen molar-refractivity contribution in [2.45, 2.75) is 71.2 Å². The number of nitrogens with one attached hydrogen (secondary N) is 1. The number of hydrogen-bond acceptors (Lipinski definition) is 6. The minimum atomic E-state index is -0.582. The Morgan fingerprint density at radius 2 is 2.08 bits per heavy atom. The summed E-state index contributed by atoms with van der Waals surface area (Å²) in [5, 5.41) is 5.62. The van der Waals surface area contributed by atoms with Gasteiger partial charge in [0.15, 0.2) is 0 Å². The van der Waals surface area contributed by atoms with Crippen LogP contribution in [-0.2, 0) is 9.47 Å². The van der Waals surface area contributed by atoms with Crippen molar-refractivity contribution in [3.8, 4) is 0 Å². The van der Waals surface area contributed by atoms with Crippen molar-refractivity contribution >= 4 is 23.5 Å². The zero-order chi connectivity index (χ0) is 18.6. The average molecular weight is 369 g/mol. The highest BCUT2D eigenvalue weighted by Gasteiger charge is 2.37. The molecule has 2 heterocycles. The maximum absolute atomic E-state index is 12.7. The van der Waals surface area contributed by atoms with E-state index in [1.165, 1.54) is 11.3 Å². The number of likely N-dealkylation sites (tertiary alicyclic amines) is 1. The van der Waals surface area contributed by atoms with Gasteiger partial charge >= 0.3 is 12.2 Å². The van der Waals surface area contributed by atoms with Crippen LogP contribution in [0, 0.1) is 0 Å². The van der Waals surface area contributed by atoms with Crippen molar-refractivity contribution < 1.29 is 19.1 Å². The summed E-state index contributed by atoms with van der Waals surface area (Å²) < 4.78 is 10.7. The second-order valence-corrected chi connectivity index (χ2v) is 8.32. The molecule has 0 radical (unpaired) electrons. The molecule has 7 nitrogen and oxygen atoms in total. The normalized spacial score (nSPS) is 21.1. The Bertz CT molecular complexity index is 583. The predicted molar refractivity (Wildman–Crippen MR) is 95.6 cm³/mol. The van der Waals surface area contributed by atoms with E-state index in [-0.39, 0.29) is 18.2 Å². The van der Waals surface area contributed by atoms with E-state index >= 15 is 0 Å². The van der Waals surface area contributed by atoms with Crippen molar-refractivity contribution in [2.24, 2.45) is 0 Å². The van der Waals surface area contributed by atoms with Gasteiger partial charge in [-0.25, -0.2) is 14.6 Å². The van der Waals surface area contributed by atoms with Crippen LogP contribution in [-0.4, -0.2) is 46.4 Å². The Kier molecular flexibility index (Phi) is 6.26. The molecule has 1 saturated heterocycles. The Morgan fingerprint density at radius 3 is 2.64 bits per heavy atom. The molecule has 1 aliphatic heterocycles. The fourth-order valence-corrected chi connectivity index (χ4v) is 3.47. The summed E-state index contributed by atoms with van der Waals surface area (Å²) in [5.41, 5.74) is -0.582. The highest BCUT2D eigenvalue weighted by atomic mass is 32.1. The molecular weight excluding hydrogens is 342 g/mol. The topological polar surface area (TPSA) is 80.8 Å². The molecule has 1 aliphatic rings. The van der Waals surface area contributed by atoms with Crippen LogP contribution in [0.5, 0.6) is 0 Å². The zero-order valence-electron chi connectivity index (χ0n) is 15.4. The standard InChI is InChI=1S/C17H27N3O4S/c1-11(2)23-15(21)19-12-6-7-13(14-18-8-9-25-14)20(10-12)16(22)24-17(3,4)5/h8-9,11-13H,6-7,10H2,1-5H3,(H,19,21)/t12-,13+/m0/s1. The van der Waals surface area contributed by atoms with Crippen LogP contribution in [0.3, 0.4) is 0 Å². The van der Waals surface area contributed by atoms with Gasteiger partial charge in [-0.3, -0.25) is 4.90 Å². The lowest BCUT2D eigenvalue weighted by Crippen LogP contribution is -2.52. The number of nitrogens with zero attached hydrogens (tertiary/aromatic N) is 2. The lowest BCUT2D eigenvalue weighted by molar-refractivity contribution is 0.00491. The van der Waals surface area contributed by atoms with E-state index in [0.29, 0.717) is 13.0 Å². The van der Waals surface area contributed by atoms with Crippen LogP contribution in [0.2, 0.25) is 0 Å². The van der Waals surface area contributed by atoms with Gasteiger partial charge in [-0.15, -0.1) is 11.3 Å². The van der Waals surface area contributed by atoms with Crippen LogP contribution < -0.4 is 5.32 Å². The lowest BCUT2D eigenvalue weighted by Gasteiger charge is -2.39. The Balaban J connectivity index is 2.09. The van der Waals surface area contributed by atoms with Crippen LogP contribution in [0.4, 0.5) is 9.59 Å². The van der Waals surface area contributed by atoms with Crippen molar-refractivity contribution in [1.29, 1.82) is 0 Å². The SMILES string of the molecule is CC(C)OC(=O)N[C@H]1CC[C@H](c2nccs2)N(C(=O)OC(C)(C)C)C1. The number of ether oxygens (including phenoxy) is 2. The largest absolute Gasteiger partial charge is 0.447 e. The van der Waals surface area contributed by atoms with Gasteiger partial charge in [0.2, 0.25) is 0 Å². The first-order valence-electron chi connectivity index (χ1n) is 8.52. The van der Waals surface area contributed by atoms with Crippen LogP contribution >= 0.6 is 11.3 Å². The number of amides is 2. The molecule has 140 valence electrons. The molecule has 1 aromatic rings. The number of carbonyl (C=O) groups excluding carboxylic acids is 2. The lowest BCUT2D eigenvalue weighted by atomic mass is 9.99. The molecule has 25 heavy (non-hydrogen) atoms. The third-order valence-corrected chi connectivity index (χ3v) is 4.49. The molecule has 0 bridgehead atoms. The Hall–Kier alpha value is -1.83. The van der Waals surface area contributed by atoms with Gasteiger partial charge in [0, 0.05) is 18.1 Å². The predicted octanol–water partition coefficient (Wildman–Crippen LogP) is 3.72. The van der Waals surface area contributed by atoms with Gasteiger partial charge in [-0.2, -0.15) is 0 Å². The number of piperidine rings is 1. The smallest absolute Gasteiger partial charge is 0.410 e. The second kappa shape index (κ2) is 8.03. The third-order valence-electron chi connectivity index (χ3n) is 3.61. The maximum Gasteiger partial charge on any atom is 0.410 e. The first-order chi connectivity index (χ1) is 11.7. The average Bonchev–Trinajstić information content (AvgIpc) is 2.98. The molecule has 8 heteroatoms. The van der Waals surface area contributed by atoms with Gasteiger partial charge in [0.05, 0.1) is 18.2 Å². The molecule has 2 atom stereocenters. The van der Waals surface area contributed by atoms with Crippen LogP contribution in [0.15, 0.2) is 11.6 Å². The molecule has 1 fully saturated rings. The summed E-state index contributed by atoms with van der Waals surface area (Å²) in [7, 11) is 0. The van der Waals surface area contributed by atoms with E-state index in [9.17, 15) is 9.59 Å². The molecule has 2 amide bonds. The van der Waals surface area contributed by atoms with Gasteiger partial charge < -0.3 is 14.8 Å². The summed E-state index contributed by atoms with van der Waals surface area (Å²) in [6.45, 7) is 9.47. The Labute approximate surface area is 152 Å². The van der Waals surface area contributed by atoms with E-state index < -0.39 is 17.8 Å². The number of thiazole rings is 1. The summed E-state index contributed by atoms with van der Waals surface area (Å²) in [6, 6.07) is -0.302. The van der Waals surface area contributed by atoms with Gasteiger partial charge in [0.1, 0.15) is 10.6 Å². The number of rotatable bonds is 3. The minimum absolute atomic E-state index is 0.131. The number of aromatic nitrogens is 1. The maximum atomic E-state index is 12.7. The molecular formula is C17H27N3O4S. The zero-order valence-corrected chi connectivity index (χ0v) is 16.3. The number of carbonyl (C=O) groups is 2. The van der Waals surface area contributed by atoms with E-state index in [1.54, 1.807) is 24.9 Å². The van der Waals surface area contributed by atoms with Crippen LogP contribution in [0.1, 0.15) is 58.5 Å². The van der Waals surface area contributed by atoms with E-state index in [2.05, 4.69) is 10.3 Å². The first kappa shape index (κ1) is 19.5. The summed E-state index contributed by atoms with van der Waals surface area (Å²) in [6.07, 6.45) is 2.15. The van der Waals surface area contributed by atoms with Gasteiger partial charge in [0.25, 0.3) is 0 Å². The molecule has 0 unspecified atom stereocenters. The molecule has 0 aromatic carbocycles. The molecule has 1 aromatic heterocycles. The second-order valence-electron chi connectivity index (χ2n) is 7.39.